The number of hydrogen-bond donors (Lipinski definition) is 3. The lowest BCUT2D eigenvalue weighted by atomic mass is 10.1. The lowest BCUT2D eigenvalue weighted by Crippen LogP contribution is -2.40. The van der Waals surface area contributed by atoms with Crippen molar-refractivity contribution < 1.29 is 24.9 Å². The number of carbonyl (C=O) groups is 1. The molecular weight excluding hydrogens is 176 g/mol. The summed E-state index contributed by atoms with van der Waals surface area (Å²) >= 11 is 0. The van der Waals surface area contributed by atoms with Crippen LogP contribution in [0.15, 0.2) is 0 Å². The summed E-state index contributed by atoms with van der Waals surface area (Å²) in [4.78, 5) is 11.0. The Bertz CT molecular complexity index is 147. The highest BCUT2D eigenvalue weighted by Crippen LogP contribution is 2.01. The number of aliphatic hydroxyl groups is 3. The highest BCUT2D eigenvalue weighted by molar-refractivity contribution is 5.84. The van der Waals surface area contributed by atoms with E-state index in [9.17, 15) is 4.79 Å². The number of ether oxygens (including phenoxy) is 1. The molecule has 0 bridgehead atoms. The van der Waals surface area contributed by atoms with Crippen LogP contribution in [0.5, 0.6) is 0 Å². The first kappa shape index (κ1) is 12.5. The van der Waals surface area contributed by atoms with Gasteiger partial charge in [0.2, 0.25) is 0 Å². The molecule has 0 aromatic rings. The quantitative estimate of drug-likeness (QED) is 0.466. The highest BCUT2D eigenvalue weighted by atomic mass is 16.5. The predicted molar refractivity (Wildman–Crippen MR) is 45.2 cm³/mol. The van der Waals surface area contributed by atoms with E-state index in [1.54, 1.807) is 0 Å². The van der Waals surface area contributed by atoms with E-state index in [0.29, 0.717) is 13.0 Å². The normalized spacial score (nSPS) is 15.4. The molecule has 0 heterocycles. The van der Waals surface area contributed by atoms with Crippen molar-refractivity contribution in [3.63, 3.8) is 0 Å². The van der Waals surface area contributed by atoms with Crippen LogP contribution in [0.2, 0.25) is 0 Å². The fourth-order valence-electron chi connectivity index (χ4n) is 0.849. The van der Waals surface area contributed by atoms with Crippen molar-refractivity contribution in [3.8, 4) is 0 Å². The van der Waals surface area contributed by atoms with Crippen molar-refractivity contribution in [2.75, 3.05) is 19.8 Å². The molecule has 3 N–H and O–H groups in total. The van der Waals surface area contributed by atoms with Gasteiger partial charge in [-0.15, -0.1) is 0 Å². The zero-order chi connectivity index (χ0) is 10.3. The lowest BCUT2D eigenvalue weighted by molar-refractivity contribution is -0.143. The third-order valence-electron chi connectivity index (χ3n) is 1.51. The average molecular weight is 192 g/mol. The van der Waals surface area contributed by atoms with E-state index < -0.39 is 31.2 Å². The number of hydrogen-bond acceptors (Lipinski definition) is 5. The summed E-state index contributed by atoms with van der Waals surface area (Å²) in [6, 6.07) is 0. The maximum atomic E-state index is 11.0. The van der Waals surface area contributed by atoms with Gasteiger partial charge in [0.05, 0.1) is 6.61 Å². The van der Waals surface area contributed by atoms with E-state index in [-0.39, 0.29) is 0 Å². The standard InChI is InChI=1S/C8H16O5/c1-2-3-13-8(6(11)4-9)7(12)5-10/h6,8-11H,2-5H2,1H3/t6-,8+/m1/s1. The summed E-state index contributed by atoms with van der Waals surface area (Å²) in [7, 11) is 0. The Balaban J connectivity index is 4.09. The Morgan fingerprint density at radius 3 is 2.46 bits per heavy atom. The average Bonchev–Trinajstić information content (AvgIpc) is 2.17. The lowest BCUT2D eigenvalue weighted by Gasteiger charge is -2.19. The minimum atomic E-state index is -1.26. The van der Waals surface area contributed by atoms with Crippen LogP contribution in [0.1, 0.15) is 13.3 Å². The first-order valence-electron chi connectivity index (χ1n) is 4.21. The van der Waals surface area contributed by atoms with Gasteiger partial charge in [0, 0.05) is 6.61 Å². The molecule has 5 heteroatoms. The molecule has 2 atom stereocenters. The van der Waals surface area contributed by atoms with E-state index >= 15 is 0 Å². The van der Waals surface area contributed by atoms with Crippen molar-refractivity contribution in [1.29, 1.82) is 0 Å². The van der Waals surface area contributed by atoms with Crippen molar-refractivity contribution in [2.45, 2.75) is 25.6 Å². The third-order valence-corrected chi connectivity index (χ3v) is 1.51. The summed E-state index contributed by atoms with van der Waals surface area (Å²) in [6.07, 6.45) is -1.67. The van der Waals surface area contributed by atoms with Crippen LogP contribution in [0.4, 0.5) is 0 Å². The first-order valence-corrected chi connectivity index (χ1v) is 4.21. The second-order valence-electron chi connectivity index (χ2n) is 2.67. The van der Waals surface area contributed by atoms with Crippen molar-refractivity contribution in [3.05, 3.63) is 0 Å². The Morgan fingerprint density at radius 2 is 2.08 bits per heavy atom. The molecule has 0 amide bonds. The minimum absolute atomic E-state index is 0.313. The van der Waals surface area contributed by atoms with E-state index in [1.807, 2.05) is 6.92 Å². The number of carbonyl (C=O) groups excluding carboxylic acids is 1. The van der Waals surface area contributed by atoms with Crippen LogP contribution in [0.3, 0.4) is 0 Å². The Labute approximate surface area is 77.0 Å². The zero-order valence-corrected chi connectivity index (χ0v) is 7.64. The van der Waals surface area contributed by atoms with E-state index in [2.05, 4.69) is 0 Å². The van der Waals surface area contributed by atoms with Gasteiger partial charge in [-0.3, -0.25) is 4.79 Å². The van der Waals surface area contributed by atoms with Crippen LogP contribution in [-0.2, 0) is 9.53 Å². The summed E-state index contributed by atoms with van der Waals surface area (Å²) in [5.41, 5.74) is 0. The Kier molecular flexibility index (Phi) is 6.70. The van der Waals surface area contributed by atoms with Gasteiger partial charge in [-0.05, 0) is 6.42 Å². The molecule has 0 fully saturated rings. The molecular formula is C8H16O5. The van der Waals surface area contributed by atoms with Gasteiger partial charge < -0.3 is 20.1 Å². The molecule has 78 valence electrons. The molecule has 0 rings (SSSR count). The van der Waals surface area contributed by atoms with Crippen LogP contribution in [0.25, 0.3) is 0 Å². The van der Waals surface area contributed by atoms with Crippen molar-refractivity contribution >= 4 is 5.78 Å². The molecule has 0 unspecified atom stereocenters. The summed E-state index contributed by atoms with van der Waals surface area (Å²) in [5, 5.41) is 26.3. The minimum Gasteiger partial charge on any atom is -0.394 e. The summed E-state index contributed by atoms with van der Waals surface area (Å²) < 4.78 is 4.98. The molecule has 0 spiro atoms. The van der Waals surface area contributed by atoms with E-state index in [0.717, 1.165) is 0 Å². The van der Waals surface area contributed by atoms with Gasteiger partial charge >= 0.3 is 0 Å². The second kappa shape index (κ2) is 6.97. The summed E-state index contributed by atoms with van der Waals surface area (Å²) in [5.74, 6) is -0.616. The molecule has 0 aliphatic heterocycles. The zero-order valence-electron chi connectivity index (χ0n) is 7.64. The highest BCUT2D eigenvalue weighted by Gasteiger charge is 2.25. The van der Waals surface area contributed by atoms with Gasteiger partial charge in [0.25, 0.3) is 0 Å². The topological polar surface area (TPSA) is 87.0 Å². The molecule has 0 radical (unpaired) electrons. The van der Waals surface area contributed by atoms with Crippen molar-refractivity contribution in [2.24, 2.45) is 0 Å². The fraction of sp³-hybridized carbons (Fsp3) is 0.875. The first-order chi connectivity index (χ1) is 6.17. The van der Waals surface area contributed by atoms with Gasteiger partial charge in [-0.2, -0.15) is 0 Å². The van der Waals surface area contributed by atoms with Crippen LogP contribution < -0.4 is 0 Å². The van der Waals surface area contributed by atoms with Gasteiger partial charge in [0.1, 0.15) is 18.8 Å². The largest absolute Gasteiger partial charge is 0.394 e. The molecule has 13 heavy (non-hydrogen) atoms. The predicted octanol–water partition coefficient (Wildman–Crippen LogP) is -1.30. The van der Waals surface area contributed by atoms with Gasteiger partial charge in [-0.25, -0.2) is 0 Å². The Hall–Kier alpha value is -0.490. The molecule has 5 nitrogen and oxygen atoms in total. The van der Waals surface area contributed by atoms with Gasteiger partial charge in [-0.1, -0.05) is 6.92 Å². The smallest absolute Gasteiger partial charge is 0.189 e. The number of aliphatic hydroxyl groups excluding tert-OH is 3. The molecule has 0 saturated heterocycles. The number of Topliss-reactive ketones (excluding diaryl/α,β-unsaturated/α-hetero) is 1. The van der Waals surface area contributed by atoms with E-state index in [1.165, 1.54) is 0 Å². The molecule has 0 aliphatic carbocycles. The monoisotopic (exact) mass is 192 g/mol. The van der Waals surface area contributed by atoms with Crippen molar-refractivity contribution in [1.82, 2.24) is 0 Å². The van der Waals surface area contributed by atoms with Crippen LogP contribution >= 0.6 is 0 Å². The van der Waals surface area contributed by atoms with Crippen LogP contribution in [-0.4, -0.2) is 53.1 Å². The maximum Gasteiger partial charge on any atom is 0.189 e. The van der Waals surface area contributed by atoms with Gasteiger partial charge in [0.15, 0.2) is 5.78 Å². The molecule has 0 saturated carbocycles. The molecule has 0 aliphatic rings. The fourth-order valence-corrected chi connectivity index (χ4v) is 0.849. The summed E-state index contributed by atoms with van der Waals surface area (Å²) in [6.45, 7) is 0.921. The maximum absolute atomic E-state index is 11.0. The molecule has 0 aromatic carbocycles. The third kappa shape index (κ3) is 4.33. The van der Waals surface area contributed by atoms with Crippen LogP contribution in [0, 0.1) is 0 Å². The Morgan fingerprint density at radius 1 is 1.46 bits per heavy atom. The number of rotatable bonds is 7. The second-order valence-corrected chi connectivity index (χ2v) is 2.67. The number of ketones is 1. The van der Waals surface area contributed by atoms with E-state index in [4.69, 9.17) is 20.1 Å². The SMILES string of the molecule is CCCO[C@H](C(=O)CO)[C@H](O)CO. The molecule has 0 aromatic heterocycles.